The first-order chi connectivity index (χ1) is 7.08. The summed E-state index contributed by atoms with van der Waals surface area (Å²) in [4.78, 5) is 0. The molecule has 0 nitrogen and oxygen atoms in total. The lowest BCUT2D eigenvalue weighted by Crippen LogP contribution is -2.17. The lowest BCUT2D eigenvalue weighted by molar-refractivity contribution is 0.301. The van der Waals surface area contributed by atoms with Crippen LogP contribution in [0.4, 0.5) is 8.78 Å². The van der Waals surface area contributed by atoms with E-state index in [2.05, 4.69) is 6.92 Å². The standard InChI is InChI=1S/C12H17F2I/c1-2-3-4-5-7-10-8-6-9-12(14,15)11(10)13/h6,8H,2-5,7,9H2,1H3. The third-order valence-corrected chi connectivity index (χ3v) is 3.51. The van der Waals surface area contributed by atoms with Crippen LogP contribution >= 0.6 is 22.6 Å². The van der Waals surface area contributed by atoms with E-state index in [1.807, 2.05) is 0 Å². The van der Waals surface area contributed by atoms with Crippen LogP contribution in [0.25, 0.3) is 0 Å². The molecule has 0 radical (unpaired) electrons. The van der Waals surface area contributed by atoms with Crippen LogP contribution in [0.1, 0.15) is 45.4 Å². The molecule has 0 heterocycles. The number of hydrogen-bond acceptors (Lipinski definition) is 0. The summed E-state index contributed by atoms with van der Waals surface area (Å²) in [6, 6.07) is 0. The summed E-state index contributed by atoms with van der Waals surface area (Å²) in [6.07, 6.45) is 8.66. The van der Waals surface area contributed by atoms with Gasteiger partial charge in [0.1, 0.15) is 0 Å². The Hall–Kier alpha value is 0.0700. The van der Waals surface area contributed by atoms with Gasteiger partial charge in [-0.05, 0) is 41.0 Å². The maximum Gasteiger partial charge on any atom is 0.215 e. The highest BCUT2D eigenvalue weighted by atomic mass is 127. The van der Waals surface area contributed by atoms with Crippen molar-refractivity contribution in [3.8, 4) is 0 Å². The zero-order chi connectivity index (χ0) is 11.3. The van der Waals surface area contributed by atoms with Gasteiger partial charge in [0.15, 0.2) is 5.83 Å². The highest BCUT2D eigenvalue weighted by Crippen LogP contribution is 2.41. The molecule has 0 fully saturated rings. The summed E-state index contributed by atoms with van der Waals surface area (Å²) in [5.74, 6) is -0.568. The van der Waals surface area contributed by atoms with Crippen LogP contribution in [0, 0.1) is 0 Å². The highest BCUT2D eigenvalue weighted by Gasteiger charge is 2.34. The van der Waals surface area contributed by atoms with Crippen LogP contribution in [0.15, 0.2) is 23.6 Å². The monoisotopic (exact) mass is 326 g/mol. The Balaban J connectivity index is 2.49. The molecule has 15 heavy (non-hydrogen) atoms. The molecule has 1 aliphatic carbocycles. The molecular formula is C12H17F2I. The first-order valence-corrected chi connectivity index (χ1v) is 6.59. The van der Waals surface area contributed by atoms with Crippen LogP contribution in [0.2, 0.25) is 0 Å². The van der Waals surface area contributed by atoms with Crippen molar-refractivity contribution in [3.63, 3.8) is 0 Å². The van der Waals surface area contributed by atoms with Crippen molar-refractivity contribution in [1.29, 1.82) is 0 Å². The van der Waals surface area contributed by atoms with Crippen molar-refractivity contribution < 1.29 is 8.78 Å². The Morgan fingerprint density at radius 2 is 2.13 bits per heavy atom. The molecule has 0 spiro atoms. The van der Waals surface area contributed by atoms with Crippen molar-refractivity contribution in [2.24, 2.45) is 0 Å². The van der Waals surface area contributed by atoms with E-state index in [4.69, 9.17) is 0 Å². The number of halogens is 3. The minimum Gasteiger partial charge on any atom is -0.224 e. The second-order valence-corrected chi connectivity index (χ2v) is 5.67. The SMILES string of the molecule is CCCCCCC1=C(F)C(F)(I)CC=C1. The van der Waals surface area contributed by atoms with E-state index in [-0.39, 0.29) is 6.42 Å². The van der Waals surface area contributed by atoms with Crippen LogP contribution in [0.5, 0.6) is 0 Å². The van der Waals surface area contributed by atoms with Gasteiger partial charge in [0, 0.05) is 6.42 Å². The third-order valence-electron chi connectivity index (χ3n) is 2.60. The average Bonchev–Trinajstić information content (AvgIpc) is 2.19. The van der Waals surface area contributed by atoms with Crippen LogP contribution in [0.3, 0.4) is 0 Å². The van der Waals surface area contributed by atoms with Crippen molar-refractivity contribution >= 4 is 22.6 Å². The van der Waals surface area contributed by atoms with E-state index < -0.39 is 9.50 Å². The summed E-state index contributed by atoms with van der Waals surface area (Å²) < 4.78 is 25.4. The van der Waals surface area contributed by atoms with E-state index in [1.54, 1.807) is 34.7 Å². The van der Waals surface area contributed by atoms with Gasteiger partial charge in [0.2, 0.25) is 3.68 Å². The summed E-state index contributed by atoms with van der Waals surface area (Å²) in [6.45, 7) is 2.14. The molecule has 1 atom stereocenters. The van der Waals surface area contributed by atoms with Crippen molar-refractivity contribution in [1.82, 2.24) is 0 Å². The number of alkyl halides is 2. The molecule has 0 aromatic carbocycles. The molecule has 1 rings (SSSR count). The van der Waals surface area contributed by atoms with Gasteiger partial charge in [-0.1, -0.05) is 38.3 Å². The molecule has 0 bridgehead atoms. The summed E-state index contributed by atoms with van der Waals surface area (Å²) in [7, 11) is 0. The van der Waals surface area contributed by atoms with Gasteiger partial charge in [-0.25, -0.2) is 8.78 Å². The molecule has 0 aliphatic heterocycles. The number of allylic oxidation sites excluding steroid dienone is 4. The van der Waals surface area contributed by atoms with E-state index >= 15 is 0 Å². The third kappa shape index (κ3) is 3.85. The topological polar surface area (TPSA) is 0 Å². The van der Waals surface area contributed by atoms with Crippen molar-refractivity contribution in [2.45, 2.75) is 49.1 Å². The quantitative estimate of drug-likeness (QED) is 0.368. The average molecular weight is 326 g/mol. The predicted octanol–water partition coefficient (Wildman–Crippen LogP) is 5.24. The van der Waals surface area contributed by atoms with Crippen LogP contribution in [-0.2, 0) is 0 Å². The van der Waals surface area contributed by atoms with Gasteiger partial charge in [-0.3, -0.25) is 0 Å². The summed E-state index contributed by atoms with van der Waals surface area (Å²) >= 11 is 1.55. The van der Waals surface area contributed by atoms with Crippen molar-refractivity contribution in [2.75, 3.05) is 0 Å². The van der Waals surface area contributed by atoms with Crippen LogP contribution < -0.4 is 0 Å². The highest BCUT2D eigenvalue weighted by molar-refractivity contribution is 14.1. The summed E-state index contributed by atoms with van der Waals surface area (Å²) in [5.41, 5.74) is 0.550. The molecule has 0 saturated heterocycles. The van der Waals surface area contributed by atoms with E-state index in [9.17, 15) is 8.78 Å². The Labute approximate surface area is 104 Å². The minimum atomic E-state index is -1.80. The molecule has 86 valence electrons. The van der Waals surface area contributed by atoms with E-state index in [0.29, 0.717) is 12.0 Å². The molecule has 0 N–H and O–H groups in total. The zero-order valence-corrected chi connectivity index (χ0v) is 11.2. The fourth-order valence-electron chi connectivity index (χ4n) is 1.68. The molecule has 0 aromatic rings. The maximum atomic E-state index is 13.6. The van der Waals surface area contributed by atoms with Gasteiger partial charge in [0.25, 0.3) is 0 Å². The number of hydrogen-bond donors (Lipinski definition) is 0. The number of unbranched alkanes of at least 4 members (excludes halogenated alkanes) is 3. The summed E-state index contributed by atoms with van der Waals surface area (Å²) in [5, 5.41) is 0. The van der Waals surface area contributed by atoms with Crippen LogP contribution in [-0.4, -0.2) is 3.68 Å². The second-order valence-electron chi connectivity index (χ2n) is 3.96. The first kappa shape index (κ1) is 13.1. The normalized spacial score (nSPS) is 26.1. The number of rotatable bonds is 5. The zero-order valence-electron chi connectivity index (χ0n) is 9.03. The Kier molecular flexibility index (Phi) is 5.23. The van der Waals surface area contributed by atoms with Gasteiger partial charge < -0.3 is 0 Å². The maximum absolute atomic E-state index is 13.6. The molecule has 0 aromatic heterocycles. The molecule has 0 amide bonds. The fourth-order valence-corrected chi connectivity index (χ4v) is 2.28. The Morgan fingerprint density at radius 3 is 2.80 bits per heavy atom. The fraction of sp³-hybridized carbons (Fsp3) is 0.667. The minimum absolute atomic E-state index is 0.151. The van der Waals surface area contributed by atoms with Gasteiger partial charge >= 0.3 is 0 Å². The molecule has 3 heteroatoms. The lowest BCUT2D eigenvalue weighted by Gasteiger charge is -2.20. The largest absolute Gasteiger partial charge is 0.224 e. The molecule has 1 aliphatic rings. The molecule has 0 saturated carbocycles. The van der Waals surface area contributed by atoms with Gasteiger partial charge in [-0.15, -0.1) is 0 Å². The lowest BCUT2D eigenvalue weighted by atomic mass is 9.99. The van der Waals surface area contributed by atoms with E-state index in [0.717, 1.165) is 19.3 Å². The molecule has 1 unspecified atom stereocenters. The first-order valence-electron chi connectivity index (χ1n) is 5.51. The van der Waals surface area contributed by atoms with Gasteiger partial charge in [0.05, 0.1) is 0 Å². The smallest absolute Gasteiger partial charge is 0.215 e. The predicted molar refractivity (Wildman–Crippen MR) is 68.5 cm³/mol. The van der Waals surface area contributed by atoms with E-state index in [1.165, 1.54) is 6.42 Å². The Bertz CT molecular complexity index is 267. The van der Waals surface area contributed by atoms with Crippen molar-refractivity contribution in [3.05, 3.63) is 23.6 Å². The Morgan fingerprint density at radius 1 is 1.40 bits per heavy atom. The molecular weight excluding hydrogens is 309 g/mol. The second kappa shape index (κ2) is 5.97. The van der Waals surface area contributed by atoms with Gasteiger partial charge in [-0.2, -0.15) is 0 Å².